The van der Waals surface area contributed by atoms with Gasteiger partial charge in [0.05, 0.1) is 11.2 Å². The molecule has 0 aliphatic heterocycles. The van der Waals surface area contributed by atoms with Gasteiger partial charge in [0.1, 0.15) is 11.2 Å². The van der Waals surface area contributed by atoms with Crippen LogP contribution < -0.4 is 5.46 Å². The minimum atomic E-state index is -0.926. The number of aliphatic hydroxyl groups is 1. The highest BCUT2D eigenvalue weighted by atomic mass is 16.5. The first-order chi connectivity index (χ1) is 13.2. The van der Waals surface area contributed by atoms with Gasteiger partial charge in [0, 0.05) is 10.8 Å². The molecule has 3 aromatic carbocycles. The summed E-state index contributed by atoms with van der Waals surface area (Å²) in [6.07, 6.45) is 0. The Bertz CT molecular complexity index is 1120. The Morgan fingerprint density at radius 1 is 0.786 bits per heavy atom. The third-order valence-electron chi connectivity index (χ3n) is 5.72. The molecule has 0 spiro atoms. The fourth-order valence-electron chi connectivity index (χ4n) is 3.16. The molecule has 142 valence electrons. The van der Waals surface area contributed by atoms with Crippen LogP contribution in [0, 0.1) is 0 Å². The third kappa shape index (κ3) is 3.46. The molecule has 0 saturated carbocycles. The average Bonchev–Trinajstić information content (AvgIpc) is 3.03. The second-order valence-corrected chi connectivity index (χ2v) is 8.37. The van der Waals surface area contributed by atoms with Crippen molar-refractivity contribution in [3.8, 4) is 11.1 Å². The van der Waals surface area contributed by atoms with Crippen molar-refractivity contribution in [2.24, 2.45) is 0 Å². The molecule has 3 nitrogen and oxygen atoms in total. The van der Waals surface area contributed by atoms with Gasteiger partial charge < -0.3 is 14.2 Å². The number of hydrogen-bond donors (Lipinski definition) is 1. The van der Waals surface area contributed by atoms with E-state index in [1.165, 1.54) is 5.56 Å². The van der Waals surface area contributed by atoms with Crippen LogP contribution in [0.25, 0.3) is 33.1 Å². The van der Waals surface area contributed by atoms with E-state index in [1.807, 2.05) is 38.1 Å². The Morgan fingerprint density at radius 3 is 2.11 bits per heavy atom. The summed E-state index contributed by atoms with van der Waals surface area (Å²) < 4.78 is 12.1. The van der Waals surface area contributed by atoms with Crippen molar-refractivity contribution in [1.82, 2.24) is 0 Å². The highest BCUT2D eigenvalue weighted by Crippen LogP contribution is 2.32. The van der Waals surface area contributed by atoms with E-state index in [-0.39, 0.29) is 0 Å². The Balaban J connectivity index is 1.65. The maximum Gasteiger partial charge on any atom is 0.309 e. The summed E-state index contributed by atoms with van der Waals surface area (Å²) in [5, 5.41) is 12.5. The van der Waals surface area contributed by atoms with E-state index in [1.54, 1.807) is 13.8 Å². The molecule has 1 heterocycles. The second-order valence-electron chi connectivity index (χ2n) is 8.37. The zero-order valence-corrected chi connectivity index (χ0v) is 16.8. The fourth-order valence-corrected chi connectivity index (χ4v) is 3.16. The van der Waals surface area contributed by atoms with E-state index >= 15 is 0 Å². The minimum Gasteiger partial charge on any atom is -0.456 e. The molecule has 0 aliphatic carbocycles. The van der Waals surface area contributed by atoms with Gasteiger partial charge in [-0.3, -0.25) is 0 Å². The van der Waals surface area contributed by atoms with E-state index in [0.29, 0.717) is 7.48 Å². The molecule has 0 fully saturated rings. The molecule has 0 bridgehead atoms. The van der Waals surface area contributed by atoms with Gasteiger partial charge in [0.15, 0.2) is 0 Å². The SMILES string of the molecule is CC(C)(O)C(C)(C)OBc1ccc2c(c1)oc1cc(-c3ccccc3)ccc12. The van der Waals surface area contributed by atoms with Gasteiger partial charge in [0.25, 0.3) is 0 Å². The molecule has 0 amide bonds. The summed E-state index contributed by atoms with van der Waals surface area (Å²) in [7, 11) is 0.416. The van der Waals surface area contributed by atoms with Gasteiger partial charge in [-0.2, -0.15) is 0 Å². The average molecular weight is 372 g/mol. The van der Waals surface area contributed by atoms with Gasteiger partial charge >= 0.3 is 7.48 Å². The van der Waals surface area contributed by atoms with Gasteiger partial charge in [-0.25, -0.2) is 0 Å². The summed E-state index contributed by atoms with van der Waals surface area (Å²) >= 11 is 0. The second kappa shape index (κ2) is 6.80. The predicted octanol–water partition coefficient (Wildman–Crippen LogP) is 4.80. The molecular formula is C24H25BO3. The van der Waals surface area contributed by atoms with Gasteiger partial charge in [-0.15, -0.1) is 0 Å². The normalized spacial score (nSPS) is 12.6. The van der Waals surface area contributed by atoms with Crippen molar-refractivity contribution in [3.05, 3.63) is 66.7 Å². The number of benzene rings is 3. The summed E-state index contributed by atoms with van der Waals surface area (Å²) in [4.78, 5) is 0. The molecule has 0 radical (unpaired) electrons. The lowest BCUT2D eigenvalue weighted by Crippen LogP contribution is -2.49. The molecule has 0 atom stereocenters. The fraction of sp³-hybridized carbons (Fsp3) is 0.250. The topological polar surface area (TPSA) is 42.6 Å². The number of rotatable bonds is 5. The Morgan fingerprint density at radius 2 is 1.43 bits per heavy atom. The van der Waals surface area contributed by atoms with Crippen LogP contribution >= 0.6 is 0 Å². The molecule has 4 rings (SSSR count). The first-order valence-electron chi connectivity index (χ1n) is 9.61. The van der Waals surface area contributed by atoms with Crippen LogP contribution in [0.1, 0.15) is 27.7 Å². The lowest BCUT2D eigenvalue weighted by Gasteiger charge is -2.37. The maximum absolute atomic E-state index is 10.3. The minimum absolute atomic E-state index is 0.416. The van der Waals surface area contributed by atoms with Gasteiger partial charge in [-0.05, 0) is 62.5 Å². The van der Waals surface area contributed by atoms with E-state index in [9.17, 15) is 5.11 Å². The first-order valence-corrected chi connectivity index (χ1v) is 9.61. The molecule has 1 N–H and O–H groups in total. The van der Waals surface area contributed by atoms with Crippen molar-refractivity contribution in [1.29, 1.82) is 0 Å². The molecule has 1 aromatic heterocycles. The highest BCUT2D eigenvalue weighted by Gasteiger charge is 2.35. The molecular weight excluding hydrogens is 347 g/mol. The molecule has 0 unspecified atom stereocenters. The lowest BCUT2D eigenvalue weighted by molar-refractivity contribution is -0.0893. The van der Waals surface area contributed by atoms with Crippen molar-refractivity contribution in [3.63, 3.8) is 0 Å². The molecule has 0 saturated heterocycles. The van der Waals surface area contributed by atoms with E-state index in [4.69, 9.17) is 9.07 Å². The van der Waals surface area contributed by atoms with Crippen LogP contribution in [0.3, 0.4) is 0 Å². The Hall–Kier alpha value is -2.56. The van der Waals surface area contributed by atoms with Crippen molar-refractivity contribution < 1.29 is 14.2 Å². The predicted molar refractivity (Wildman–Crippen MR) is 117 cm³/mol. The van der Waals surface area contributed by atoms with Gasteiger partial charge in [-0.1, -0.05) is 48.5 Å². The Labute approximate surface area is 166 Å². The van der Waals surface area contributed by atoms with Crippen LogP contribution in [0.4, 0.5) is 0 Å². The van der Waals surface area contributed by atoms with Crippen LogP contribution in [0.15, 0.2) is 71.1 Å². The van der Waals surface area contributed by atoms with Crippen LogP contribution in [-0.2, 0) is 4.65 Å². The quantitative estimate of drug-likeness (QED) is 0.512. The van der Waals surface area contributed by atoms with E-state index in [0.717, 1.165) is 33.0 Å². The monoisotopic (exact) mass is 372 g/mol. The number of hydrogen-bond acceptors (Lipinski definition) is 3. The van der Waals surface area contributed by atoms with E-state index < -0.39 is 11.2 Å². The highest BCUT2D eigenvalue weighted by molar-refractivity contribution is 6.47. The standard InChI is InChI=1S/C24H25BO3/c1-23(2,26)24(3,4)28-25-18-11-13-20-19-12-10-17(16-8-6-5-7-9-16)14-21(19)27-22(20)15-18/h5-15,25-26H,1-4H3. The maximum atomic E-state index is 10.3. The van der Waals surface area contributed by atoms with E-state index in [2.05, 4.69) is 42.5 Å². The van der Waals surface area contributed by atoms with Crippen LogP contribution in [0.2, 0.25) is 0 Å². The first kappa shape index (κ1) is 18.8. The van der Waals surface area contributed by atoms with Crippen LogP contribution in [-0.4, -0.2) is 23.8 Å². The number of furan rings is 1. The van der Waals surface area contributed by atoms with Crippen LogP contribution in [0.5, 0.6) is 0 Å². The summed E-state index contributed by atoms with van der Waals surface area (Å²) in [5.74, 6) is 0. The summed E-state index contributed by atoms with van der Waals surface area (Å²) in [5.41, 5.74) is 3.49. The lowest BCUT2D eigenvalue weighted by atomic mass is 9.82. The largest absolute Gasteiger partial charge is 0.456 e. The zero-order chi connectivity index (χ0) is 19.9. The molecule has 28 heavy (non-hydrogen) atoms. The molecule has 0 aliphatic rings. The van der Waals surface area contributed by atoms with Gasteiger partial charge in [0.2, 0.25) is 0 Å². The van der Waals surface area contributed by atoms with Crippen molar-refractivity contribution >= 4 is 34.9 Å². The molecule has 4 aromatic rings. The van der Waals surface area contributed by atoms with Crippen molar-refractivity contribution in [2.75, 3.05) is 0 Å². The third-order valence-corrected chi connectivity index (χ3v) is 5.72. The number of fused-ring (bicyclic) bond motifs is 3. The van der Waals surface area contributed by atoms with Crippen molar-refractivity contribution in [2.45, 2.75) is 38.9 Å². The summed E-state index contributed by atoms with van der Waals surface area (Å²) in [6, 6.07) is 22.8. The smallest absolute Gasteiger partial charge is 0.309 e. The molecule has 4 heteroatoms. The Kier molecular flexibility index (Phi) is 4.57. The zero-order valence-electron chi connectivity index (χ0n) is 16.8. The summed E-state index contributed by atoms with van der Waals surface area (Å²) in [6.45, 7) is 7.33.